The molecule has 1 aliphatic carbocycles. The van der Waals surface area contributed by atoms with E-state index in [2.05, 4.69) is 4.98 Å². The van der Waals surface area contributed by atoms with Gasteiger partial charge in [-0.05, 0) is 12.8 Å². The average Bonchev–Trinajstić information content (AvgIpc) is 2.98. The second-order valence-electron chi connectivity index (χ2n) is 4.79. The van der Waals surface area contributed by atoms with Crippen molar-refractivity contribution in [1.29, 1.82) is 0 Å². The zero-order valence-corrected chi connectivity index (χ0v) is 11.2. The van der Waals surface area contributed by atoms with Crippen molar-refractivity contribution in [3.05, 3.63) is 16.1 Å². The van der Waals surface area contributed by atoms with Crippen molar-refractivity contribution in [2.45, 2.75) is 25.0 Å². The van der Waals surface area contributed by atoms with Gasteiger partial charge in [0.25, 0.3) is 5.91 Å². The first-order chi connectivity index (χ1) is 8.77. The summed E-state index contributed by atoms with van der Waals surface area (Å²) >= 11 is 1.40. The molecule has 1 saturated carbocycles. The number of amides is 1. The van der Waals surface area contributed by atoms with Gasteiger partial charge in [0.2, 0.25) is 0 Å². The zero-order chi connectivity index (χ0) is 12.6. The molecule has 1 aliphatic heterocycles. The molecular formula is C12H16N2O3S. The van der Waals surface area contributed by atoms with Crippen LogP contribution in [0.15, 0.2) is 5.51 Å². The van der Waals surface area contributed by atoms with Gasteiger partial charge in [0, 0.05) is 13.7 Å². The van der Waals surface area contributed by atoms with Gasteiger partial charge in [0.1, 0.15) is 4.88 Å². The highest BCUT2D eigenvalue weighted by Gasteiger charge is 2.52. The minimum Gasteiger partial charge on any atom is -0.378 e. The number of ether oxygens (including phenoxy) is 2. The summed E-state index contributed by atoms with van der Waals surface area (Å²) in [6.07, 6.45) is 2.11. The lowest BCUT2D eigenvalue weighted by Gasteiger charge is -2.35. The molecule has 1 amide bonds. The topological polar surface area (TPSA) is 51.7 Å². The summed E-state index contributed by atoms with van der Waals surface area (Å²) < 4.78 is 10.6. The summed E-state index contributed by atoms with van der Waals surface area (Å²) in [4.78, 5) is 19.5. The monoisotopic (exact) mass is 268 g/mol. The molecule has 3 rings (SSSR count). The van der Waals surface area contributed by atoms with E-state index in [9.17, 15) is 4.79 Å². The van der Waals surface area contributed by atoms with E-state index in [1.165, 1.54) is 11.3 Å². The van der Waals surface area contributed by atoms with Crippen LogP contribution in [-0.2, 0) is 16.1 Å². The lowest BCUT2D eigenvalue weighted by molar-refractivity contribution is -0.0116. The highest BCUT2D eigenvalue weighted by molar-refractivity contribution is 7.11. The maximum absolute atomic E-state index is 12.6. The van der Waals surface area contributed by atoms with Crippen molar-refractivity contribution < 1.29 is 14.3 Å². The third-order valence-corrected chi connectivity index (χ3v) is 4.45. The van der Waals surface area contributed by atoms with E-state index in [1.807, 2.05) is 4.90 Å². The Bertz CT molecular complexity index is 456. The third-order valence-electron chi connectivity index (χ3n) is 3.59. The lowest BCUT2D eigenvalue weighted by Crippen LogP contribution is -2.50. The molecule has 0 radical (unpaired) electrons. The van der Waals surface area contributed by atoms with Crippen LogP contribution in [0.3, 0.4) is 0 Å². The fraction of sp³-hybridized carbons (Fsp3) is 0.667. The predicted octanol–water partition coefficient (Wildman–Crippen LogP) is 1.29. The van der Waals surface area contributed by atoms with E-state index in [0.717, 1.165) is 18.5 Å². The molecule has 0 atom stereocenters. The summed E-state index contributed by atoms with van der Waals surface area (Å²) in [5, 5.41) is 0. The molecular weight excluding hydrogens is 252 g/mol. The Morgan fingerprint density at radius 1 is 1.67 bits per heavy atom. The van der Waals surface area contributed by atoms with Gasteiger partial charge in [0.05, 0.1) is 36.6 Å². The maximum Gasteiger partial charge on any atom is 0.266 e. The minimum absolute atomic E-state index is 0.0241. The molecule has 0 aromatic carbocycles. The van der Waals surface area contributed by atoms with Crippen LogP contribution in [0.1, 0.15) is 28.2 Å². The van der Waals surface area contributed by atoms with Crippen LogP contribution in [0.25, 0.3) is 0 Å². The predicted molar refractivity (Wildman–Crippen MR) is 66.6 cm³/mol. The molecule has 1 spiro atoms. The highest BCUT2D eigenvalue weighted by Crippen LogP contribution is 2.44. The van der Waals surface area contributed by atoms with E-state index >= 15 is 0 Å². The molecule has 1 saturated heterocycles. The number of nitrogens with zero attached hydrogens (tertiary/aromatic N) is 2. The molecule has 5 nitrogen and oxygen atoms in total. The van der Waals surface area contributed by atoms with Crippen molar-refractivity contribution in [3.8, 4) is 0 Å². The van der Waals surface area contributed by atoms with Gasteiger partial charge in [-0.3, -0.25) is 4.79 Å². The molecule has 1 aromatic rings. The lowest BCUT2D eigenvalue weighted by atomic mass is 10.2. The van der Waals surface area contributed by atoms with Crippen LogP contribution >= 0.6 is 11.3 Å². The van der Waals surface area contributed by atoms with Crippen LogP contribution < -0.4 is 0 Å². The van der Waals surface area contributed by atoms with Crippen molar-refractivity contribution in [2.75, 3.05) is 26.9 Å². The summed E-state index contributed by atoms with van der Waals surface area (Å²) in [5.74, 6) is 0.0883. The van der Waals surface area contributed by atoms with Gasteiger partial charge in [-0.15, -0.1) is 11.3 Å². The number of thiazole rings is 1. The first-order valence-electron chi connectivity index (χ1n) is 6.08. The number of methoxy groups -OCH3 is 1. The molecule has 18 heavy (non-hydrogen) atoms. The Morgan fingerprint density at radius 2 is 2.50 bits per heavy atom. The Labute approximate surface area is 110 Å². The van der Waals surface area contributed by atoms with Crippen LogP contribution in [0, 0.1) is 0 Å². The van der Waals surface area contributed by atoms with Gasteiger partial charge < -0.3 is 14.4 Å². The van der Waals surface area contributed by atoms with Crippen molar-refractivity contribution in [2.24, 2.45) is 0 Å². The van der Waals surface area contributed by atoms with Gasteiger partial charge in [-0.1, -0.05) is 0 Å². The number of carbonyl (C=O) groups excluding carboxylic acids is 1. The third kappa shape index (κ3) is 1.94. The summed E-state index contributed by atoms with van der Waals surface area (Å²) in [6.45, 7) is 2.38. The molecule has 0 bridgehead atoms. The van der Waals surface area contributed by atoms with Crippen molar-refractivity contribution in [1.82, 2.24) is 9.88 Å². The SMILES string of the molecule is COCc1ncsc1C(=O)N1CCOCC12CC2. The Balaban J connectivity index is 1.83. The van der Waals surface area contributed by atoms with E-state index in [1.54, 1.807) is 12.6 Å². The van der Waals surface area contributed by atoms with Crippen LogP contribution in [-0.4, -0.2) is 48.2 Å². The number of carbonyl (C=O) groups is 1. The normalized spacial score (nSPS) is 21.3. The van der Waals surface area contributed by atoms with Crippen LogP contribution in [0.4, 0.5) is 0 Å². The minimum atomic E-state index is -0.0241. The molecule has 1 aromatic heterocycles. The van der Waals surface area contributed by atoms with Crippen molar-refractivity contribution >= 4 is 17.2 Å². The average molecular weight is 268 g/mol. The van der Waals surface area contributed by atoms with Gasteiger partial charge in [-0.2, -0.15) is 0 Å². The highest BCUT2D eigenvalue weighted by atomic mass is 32.1. The smallest absolute Gasteiger partial charge is 0.266 e. The Kier molecular flexibility index (Phi) is 3.09. The van der Waals surface area contributed by atoms with Gasteiger partial charge in [0.15, 0.2) is 0 Å². The second-order valence-corrected chi connectivity index (χ2v) is 5.65. The van der Waals surface area contributed by atoms with E-state index in [4.69, 9.17) is 9.47 Å². The molecule has 2 heterocycles. The van der Waals surface area contributed by atoms with Crippen LogP contribution in [0.5, 0.6) is 0 Å². The van der Waals surface area contributed by atoms with Gasteiger partial charge >= 0.3 is 0 Å². The van der Waals surface area contributed by atoms with Crippen LogP contribution in [0.2, 0.25) is 0 Å². The maximum atomic E-state index is 12.6. The largest absolute Gasteiger partial charge is 0.378 e. The first kappa shape index (κ1) is 12.1. The van der Waals surface area contributed by atoms with E-state index in [0.29, 0.717) is 31.2 Å². The van der Waals surface area contributed by atoms with Crippen molar-refractivity contribution in [3.63, 3.8) is 0 Å². The molecule has 2 aliphatic rings. The molecule has 0 N–H and O–H groups in total. The number of hydrogen-bond acceptors (Lipinski definition) is 5. The molecule has 0 unspecified atom stereocenters. The van der Waals surface area contributed by atoms with Gasteiger partial charge in [-0.25, -0.2) is 4.98 Å². The Morgan fingerprint density at radius 3 is 3.22 bits per heavy atom. The standard InChI is InChI=1S/C12H16N2O3S/c1-16-6-9-10(18-8-13-9)11(15)14-4-5-17-7-12(14)2-3-12/h8H,2-7H2,1H3. The fourth-order valence-electron chi connectivity index (χ4n) is 2.41. The number of hydrogen-bond donors (Lipinski definition) is 0. The first-order valence-corrected chi connectivity index (χ1v) is 6.96. The summed E-state index contributed by atoms with van der Waals surface area (Å²) in [6, 6.07) is 0. The molecule has 2 fully saturated rings. The zero-order valence-electron chi connectivity index (χ0n) is 10.3. The number of morpholine rings is 1. The number of rotatable bonds is 3. The Hall–Kier alpha value is -0.980. The summed E-state index contributed by atoms with van der Waals surface area (Å²) in [7, 11) is 1.62. The second kappa shape index (κ2) is 4.60. The van der Waals surface area contributed by atoms with E-state index in [-0.39, 0.29) is 11.4 Å². The molecule has 98 valence electrons. The molecule has 6 heteroatoms. The summed E-state index contributed by atoms with van der Waals surface area (Å²) in [5.41, 5.74) is 2.43. The fourth-order valence-corrected chi connectivity index (χ4v) is 3.16. The van der Waals surface area contributed by atoms with E-state index < -0.39 is 0 Å². The number of aromatic nitrogens is 1. The quantitative estimate of drug-likeness (QED) is 0.829.